The number of guanidine groups is 1. The third-order valence-corrected chi connectivity index (χ3v) is 4.71. The highest BCUT2D eigenvalue weighted by atomic mass is 35.5. The number of phenolic OH excluding ortho intramolecular Hbond substituents is 1. The van der Waals surface area contributed by atoms with Crippen molar-refractivity contribution in [1.29, 1.82) is 0 Å². The highest BCUT2D eigenvalue weighted by Crippen LogP contribution is 2.31. The van der Waals surface area contributed by atoms with E-state index in [1.165, 1.54) is 0 Å². The Morgan fingerprint density at radius 1 is 0.964 bits per heavy atom. The molecule has 28 heavy (non-hydrogen) atoms. The molecule has 0 radical (unpaired) electrons. The molecule has 0 aliphatic carbocycles. The van der Waals surface area contributed by atoms with Crippen molar-refractivity contribution in [3.8, 4) is 5.75 Å². The van der Waals surface area contributed by atoms with Crippen LogP contribution in [-0.2, 0) is 0 Å². The summed E-state index contributed by atoms with van der Waals surface area (Å²) in [5.74, 6) is 0.515. The lowest BCUT2D eigenvalue weighted by molar-refractivity contribution is 0.474. The van der Waals surface area contributed by atoms with E-state index >= 15 is 0 Å². The van der Waals surface area contributed by atoms with Crippen molar-refractivity contribution in [2.45, 2.75) is 12.5 Å². The SMILES string of the molecule is Oc1ccc(Cl)cc1C1=NC(N=Cc2ccccc2)=NC(c2ccccc2)C1. The Balaban J connectivity index is 1.74. The van der Waals surface area contributed by atoms with Gasteiger partial charge in [0, 0.05) is 23.2 Å². The minimum atomic E-state index is -0.130. The Morgan fingerprint density at radius 3 is 2.43 bits per heavy atom. The van der Waals surface area contributed by atoms with Gasteiger partial charge in [0.05, 0.1) is 11.8 Å². The first-order valence-corrected chi connectivity index (χ1v) is 9.35. The van der Waals surface area contributed by atoms with E-state index in [1.807, 2.05) is 60.7 Å². The van der Waals surface area contributed by atoms with Crippen LogP contribution in [0.25, 0.3) is 0 Å². The van der Waals surface area contributed by atoms with Gasteiger partial charge in [-0.3, -0.25) is 0 Å². The number of benzene rings is 3. The fourth-order valence-corrected chi connectivity index (χ4v) is 3.25. The zero-order chi connectivity index (χ0) is 19.3. The van der Waals surface area contributed by atoms with E-state index in [-0.39, 0.29) is 11.8 Å². The van der Waals surface area contributed by atoms with Crippen LogP contribution in [0.15, 0.2) is 93.8 Å². The molecular formula is C23H18ClN3O. The zero-order valence-corrected chi connectivity index (χ0v) is 15.8. The fraction of sp³-hybridized carbons (Fsp3) is 0.0870. The van der Waals surface area contributed by atoms with Crippen molar-refractivity contribution in [1.82, 2.24) is 0 Å². The van der Waals surface area contributed by atoms with Gasteiger partial charge in [-0.05, 0) is 29.3 Å². The van der Waals surface area contributed by atoms with Crippen molar-refractivity contribution in [2.24, 2.45) is 15.0 Å². The summed E-state index contributed by atoms with van der Waals surface area (Å²) in [7, 11) is 0. The Hall–Kier alpha value is -3.24. The molecule has 1 unspecified atom stereocenters. The van der Waals surface area contributed by atoms with E-state index < -0.39 is 0 Å². The van der Waals surface area contributed by atoms with Crippen LogP contribution >= 0.6 is 11.6 Å². The second-order valence-electron chi connectivity index (χ2n) is 6.45. The van der Waals surface area contributed by atoms with Crippen molar-refractivity contribution in [2.75, 3.05) is 0 Å². The highest BCUT2D eigenvalue weighted by Gasteiger charge is 2.22. The minimum absolute atomic E-state index is 0.130. The summed E-state index contributed by atoms with van der Waals surface area (Å²) in [4.78, 5) is 13.8. The van der Waals surface area contributed by atoms with Crippen LogP contribution in [0.3, 0.4) is 0 Å². The monoisotopic (exact) mass is 387 g/mol. The Labute approximate surface area is 168 Å². The van der Waals surface area contributed by atoms with Crippen LogP contribution < -0.4 is 0 Å². The minimum Gasteiger partial charge on any atom is -0.507 e. The second kappa shape index (κ2) is 8.19. The summed E-state index contributed by atoms with van der Waals surface area (Å²) in [5.41, 5.74) is 3.36. The standard InChI is InChI=1S/C23H18ClN3O/c24-18-11-12-22(28)19(13-18)21-14-20(17-9-5-2-6-10-17)26-23(27-21)25-15-16-7-3-1-4-8-16/h1-13,15,20,28H,14H2. The number of aliphatic imine (C=N–C) groups is 3. The summed E-state index contributed by atoms with van der Waals surface area (Å²) < 4.78 is 0. The van der Waals surface area contributed by atoms with Gasteiger partial charge in [-0.25, -0.2) is 15.0 Å². The van der Waals surface area contributed by atoms with E-state index in [1.54, 1.807) is 24.4 Å². The molecule has 0 aromatic heterocycles. The maximum atomic E-state index is 10.3. The Morgan fingerprint density at radius 2 is 1.68 bits per heavy atom. The summed E-state index contributed by atoms with van der Waals surface area (Å²) in [6.45, 7) is 0. The van der Waals surface area contributed by atoms with Crippen molar-refractivity contribution >= 4 is 29.5 Å². The lowest BCUT2D eigenvalue weighted by Gasteiger charge is -2.20. The molecule has 1 aliphatic rings. The van der Waals surface area contributed by atoms with Crippen molar-refractivity contribution in [3.05, 3.63) is 101 Å². The van der Waals surface area contributed by atoms with E-state index in [4.69, 9.17) is 16.6 Å². The topological polar surface area (TPSA) is 57.3 Å². The van der Waals surface area contributed by atoms with E-state index in [2.05, 4.69) is 9.98 Å². The van der Waals surface area contributed by atoms with Gasteiger partial charge in [0.2, 0.25) is 5.96 Å². The lowest BCUT2D eigenvalue weighted by Crippen LogP contribution is -2.16. The maximum absolute atomic E-state index is 10.3. The van der Waals surface area contributed by atoms with Gasteiger partial charge >= 0.3 is 0 Å². The van der Waals surface area contributed by atoms with Gasteiger partial charge in [0.15, 0.2) is 0 Å². The number of nitrogens with zero attached hydrogens (tertiary/aromatic N) is 3. The summed E-state index contributed by atoms with van der Waals surface area (Å²) in [6.07, 6.45) is 2.30. The maximum Gasteiger partial charge on any atom is 0.245 e. The number of aromatic hydroxyl groups is 1. The predicted molar refractivity (Wildman–Crippen MR) is 115 cm³/mol. The Bertz CT molecular complexity index is 1060. The molecule has 1 aliphatic heterocycles. The molecule has 0 spiro atoms. The van der Waals surface area contributed by atoms with Crippen molar-refractivity contribution in [3.63, 3.8) is 0 Å². The molecule has 3 aromatic carbocycles. The average Bonchev–Trinajstić information content (AvgIpc) is 2.75. The first-order chi connectivity index (χ1) is 13.7. The van der Waals surface area contributed by atoms with Crippen molar-refractivity contribution < 1.29 is 5.11 Å². The number of rotatable bonds is 3. The second-order valence-corrected chi connectivity index (χ2v) is 6.88. The van der Waals surface area contributed by atoms with Crippen LogP contribution in [0.1, 0.15) is 29.2 Å². The van der Waals surface area contributed by atoms with Gasteiger partial charge in [0.25, 0.3) is 0 Å². The number of hydrogen-bond acceptors (Lipinski definition) is 4. The van der Waals surface area contributed by atoms with Gasteiger partial charge in [-0.2, -0.15) is 0 Å². The quantitative estimate of drug-likeness (QED) is 0.596. The zero-order valence-electron chi connectivity index (χ0n) is 15.0. The molecule has 0 saturated carbocycles. The molecule has 0 amide bonds. The number of hydrogen-bond donors (Lipinski definition) is 1. The average molecular weight is 388 g/mol. The molecule has 4 rings (SSSR count). The molecule has 5 heteroatoms. The molecule has 0 bridgehead atoms. The molecule has 1 atom stereocenters. The van der Waals surface area contributed by atoms with Crippen LogP contribution in [-0.4, -0.2) is 23.0 Å². The summed E-state index contributed by atoms with van der Waals surface area (Å²) in [5, 5.41) is 10.9. The fourth-order valence-electron chi connectivity index (χ4n) is 3.07. The third kappa shape index (κ3) is 4.18. The first kappa shape index (κ1) is 18.1. The molecule has 0 fully saturated rings. The third-order valence-electron chi connectivity index (χ3n) is 4.48. The van der Waals surface area contributed by atoms with Gasteiger partial charge in [-0.15, -0.1) is 0 Å². The molecule has 4 nitrogen and oxygen atoms in total. The van der Waals surface area contributed by atoms with Crippen LogP contribution in [0.2, 0.25) is 5.02 Å². The number of halogens is 1. The van der Waals surface area contributed by atoms with E-state index in [0.29, 0.717) is 28.7 Å². The highest BCUT2D eigenvalue weighted by molar-refractivity contribution is 6.31. The largest absolute Gasteiger partial charge is 0.507 e. The van der Waals surface area contributed by atoms with Gasteiger partial charge in [0.1, 0.15) is 5.75 Å². The molecular weight excluding hydrogens is 370 g/mol. The smallest absolute Gasteiger partial charge is 0.245 e. The van der Waals surface area contributed by atoms with Crippen LogP contribution in [0.5, 0.6) is 5.75 Å². The van der Waals surface area contributed by atoms with Crippen LogP contribution in [0.4, 0.5) is 0 Å². The van der Waals surface area contributed by atoms with Gasteiger partial charge in [-0.1, -0.05) is 72.3 Å². The van der Waals surface area contributed by atoms with E-state index in [0.717, 1.165) is 11.1 Å². The molecule has 1 N–H and O–H groups in total. The number of phenols is 1. The predicted octanol–water partition coefficient (Wildman–Crippen LogP) is 5.45. The van der Waals surface area contributed by atoms with E-state index in [9.17, 15) is 5.11 Å². The summed E-state index contributed by atoms with van der Waals surface area (Å²) in [6, 6.07) is 24.6. The molecule has 138 valence electrons. The molecule has 1 heterocycles. The lowest BCUT2D eigenvalue weighted by atomic mass is 9.96. The Kier molecular flexibility index (Phi) is 5.31. The molecule has 0 saturated heterocycles. The molecule has 3 aromatic rings. The first-order valence-electron chi connectivity index (χ1n) is 8.97. The van der Waals surface area contributed by atoms with Crippen LogP contribution in [0, 0.1) is 0 Å². The summed E-state index contributed by atoms with van der Waals surface area (Å²) >= 11 is 6.14. The van der Waals surface area contributed by atoms with Gasteiger partial charge < -0.3 is 5.11 Å². The normalized spacial score (nSPS) is 16.7.